The predicted octanol–water partition coefficient (Wildman–Crippen LogP) is 5.77. The Hall–Kier alpha value is -2.44. The number of hydrogen-bond acceptors (Lipinski definition) is 6. The minimum absolute atomic E-state index is 0.383. The monoisotopic (exact) mass is 508 g/mol. The molecule has 1 atom stereocenters. The Kier molecular flexibility index (Phi) is 11.3. The van der Waals surface area contributed by atoms with Gasteiger partial charge in [0.2, 0.25) is 0 Å². The second-order valence-electron chi connectivity index (χ2n) is 10.4. The van der Waals surface area contributed by atoms with Gasteiger partial charge < -0.3 is 19.3 Å². The van der Waals surface area contributed by atoms with Gasteiger partial charge in [0, 0.05) is 63.3 Å². The van der Waals surface area contributed by atoms with Gasteiger partial charge in [-0.1, -0.05) is 52.0 Å². The molecular weight excluding hydrogens is 460 g/mol. The van der Waals surface area contributed by atoms with Gasteiger partial charge in [-0.2, -0.15) is 0 Å². The molecule has 2 aliphatic heterocycles. The van der Waals surface area contributed by atoms with Crippen molar-refractivity contribution >= 4 is 11.4 Å². The molecule has 0 bridgehead atoms. The molecule has 2 saturated heterocycles. The van der Waals surface area contributed by atoms with E-state index in [4.69, 9.17) is 9.47 Å². The van der Waals surface area contributed by atoms with E-state index >= 15 is 0 Å². The zero-order valence-electron chi connectivity index (χ0n) is 23.2. The van der Waals surface area contributed by atoms with Crippen LogP contribution in [0.2, 0.25) is 0 Å². The minimum Gasteiger partial charge on any atom is -0.494 e. The van der Waals surface area contributed by atoms with Crippen molar-refractivity contribution in [3.63, 3.8) is 0 Å². The Morgan fingerprint density at radius 1 is 0.703 bits per heavy atom. The molecule has 2 fully saturated rings. The summed E-state index contributed by atoms with van der Waals surface area (Å²) in [7, 11) is 0. The summed E-state index contributed by atoms with van der Waals surface area (Å²) >= 11 is 0. The van der Waals surface area contributed by atoms with E-state index in [1.165, 1.54) is 43.5 Å². The van der Waals surface area contributed by atoms with Crippen LogP contribution in [-0.2, 0) is 0 Å². The van der Waals surface area contributed by atoms with Crippen LogP contribution in [0.15, 0.2) is 48.5 Å². The Morgan fingerprint density at radius 3 is 2.16 bits per heavy atom. The number of ether oxygens (including phenoxy) is 2. The number of anilines is 2. The van der Waals surface area contributed by atoms with E-state index in [0.29, 0.717) is 6.17 Å². The third kappa shape index (κ3) is 8.54. The number of rotatable bonds is 14. The fourth-order valence-corrected chi connectivity index (χ4v) is 5.29. The first-order valence-electron chi connectivity index (χ1n) is 14.7. The van der Waals surface area contributed by atoms with Gasteiger partial charge in [-0.05, 0) is 49.2 Å². The molecule has 6 nitrogen and oxygen atoms in total. The van der Waals surface area contributed by atoms with Gasteiger partial charge in [0.25, 0.3) is 0 Å². The number of hydrogen-bond donors (Lipinski definition) is 1. The van der Waals surface area contributed by atoms with Crippen molar-refractivity contribution in [2.24, 2.45) is 0 Å². The summed E-state index contributed by atoms with van der Waals surface area (Å²) in [5.41, 5.74) is 2.57. The summed E-state index contributed by atoms with van der Waals surface area (Å²) in [6, 6.07) is 17.3. The molecule has 0 amide bonds. The summed E-state index contributed by atoms with van der Waals surface area (Å²) in [6.07, 6.45) is 8.91. The Balaban J connectivity index is 1.22. The number of nitrogens with one attached hydrogen (secondary N) is 1. The van der Waals surface area contributed by atoms with Crippen molar-refractivity contribution < 1.29 is 9.47 Å². The number of piperazine rings is 2. The molecule has 37 heavy (non-hydrogen) atoms. The van der Waals surface area contributed by atoms with Gasteiger partial charge in [0.15, 0.2) is 0 Å². The fourth-order valence-electron chi connectivity index (χ4n) is 5.29. The van der Waals surface area contributed by atoms with Gasteiger partial charge in [-0.3, -0.25) is 10.2 Å². The average molecular weight is 509 g/mol. The van der Waals surface area contributed by atoms with Gasteiger partial charge >= 0.3 is 0 Å². The number of benzene rings is 2. The molecule has 1 N–H and O–H groups in total. The summed E-state index contributed by atoms with van der Waals surface area (Å²) in [5, 5.41) is 3.76. The van der Waals surface area contributed by atoms with Crippen LogP contribution >= 0.6 is 0 Å². The van der Waals surface area contributed by atoms with Crippen molar-refractivity contribution in [1.82, 2.24) is 10.2 Å². The highest BCUT2D eigenvalue weighted by molar-refractivity contribution is 5.52. The highest BCUT2D eigenvalue weighted by Crippen LogP contribution is 2.25. The van der Waals surface area contributed by atoms with Gasteiger partial charge in [-0.15, -0.1) is 0 Å². The van der Waals surface area contributed by atoms with Crippen LogP contribution in [0, 0.1) is 0 Å². The molecular formula is C31H48N4O2. The summed E-state index contributed by atoms with van der Waals surface area (Å²) in [6.45, 7) is 13.4. The second-order valence-corrected chi connectivity index (χ2v) is 10.4. The third-order valence-electron chi connectivity index (χ3n) is 7.58. The van der Waals surface area contributed by atoms with Crippen LogP contribution in [0.25, 0.3) is 0 Å². The number of nitrogens with zero attached hydrogens (tertiary/aromatic N) is 3. The first-order chi connectivity index (χ1) is 18.3. The average Bonchev–Trinajstić information content (AvgIpc) is 2.96. The molecule has 2 aliphatic rings. The van der Waals surface area contributed by atoms with E-state index in [1.54, 1.807) is 0 Å². The lowest BCUT2D eigenvalue weighted by molar-refractivity contribution is 0.149. The Bertz CT molecular complexity index is 898. The molecule has 204 valence electrons. The molecule has 2 aromatic rings. The van der Waals surface area contributed by atoms with Gasteiger partial charge in [-0.25, -0.2) is 0 Å². The predicted molar refractivity (Wildman–Crippen MR) is 155 cm³/mol. The third-order valence-corrected chi connectivity index (χ3v) is 7.58. The SMILES string of the molecule is CCCCCCOc1ccc(N2CCN(C3CN(c4cccc(OCCCCC)c4)CCN3)CC2)cc1. The highest BCUT2D eigenvalue weighted by atomic mass is 16.5. The molecule has 6 heteroatoms. The molecule has 0 radical (unpaired) electrons. The van der Waals surface area contributed by atoms with Crippen LogP contribution < -0.4 is 24.6 Å². The van der Waals surface area contributed by atoms with Crippen LogP contribution in [0.1, 0.15) is 58.8 Å². The quantitative estimate of drug-likeness (QED) is 0.327. The largest absolute Gasteiger partial charge is 0.494 e. The van der Waals surface area contributed by atoms with Crippen molar-refractivity contribution in [2.45, 2.75) is 65.0 Å². The molecule has 0 aromatic heterocycles. The van der Waals surface area contributed by atoms with Crippen LogP contribution in [0.5, 0.6) is 11.5 Å². The molecule has 0 aliphatic carbocycles. The minimum atomic E-state index is 0.383. The zero-order valence-corrected chi connectivity index (χ0v) is 23.2. The summed E-state index contributed by atoms with van der Waals surface area (Å²) in [5.74, 6) is 1.98. The molecule has 0 spiro atoms. The fraction of sp³-hybridized carbons (Fsp3) is 0.613. The molecule has 2 heterocycles. The second kappa shape index (κ2) is 15.1. The van der Waals surface area contributed by atoms with Crippen LogP contribution in [-0.4, -0.2) is 70.1 Å². The summed E-state index contributed by atoms with van der Waals surface area (Å²) < 4.78 is 11.9. The standard InChI is InChI=1S/C31H48N4O2/c1-3-5-7-9-24-36-29-15-13-27(14-16-29)33-19-21-34(22-20-33)31-26-35(18-17-32-31)28-11-10-12-30(25-28)37-23-8-6-4-2/h10-16,25,31-32H,3-9,17-24,26H2,1-2H3. The van der Waals surface area contributed by atoms with E-state index in [2.05, 4.69) is 82.4 Å². The highest BCUT2D eigenvalue weighted by Gasteiger charge is 2.28. The van der Waals surface area contributed by atoms with Crippen LogP contribution in [0.4, 0.5) is 11.4 Å². The van der Waals surface area contributed by atoms with Crippen molar-refractivity contribution in [1.29, 1.82) is 0 Å². The van der Waals surface area contributed by atoms with Crippen molar-refractivity contribution in [2.75, 3.05) is 68.8 Å². The first-order valence-corrected chi connectivity index (χ1v) is 14.7. The topological polar surface area (TPSA) is 40.2 Å². The van der Waals surface area contributed by atoms with E-state index in [9.17, 15) is 0 Å². The summed E-state index contributed by atoms with van der Waals surface area (Å²) in [4.78, 5) is 7.62. The van der Waals surface area contributed by atoms with Gasteiger partial charge in [0.1, 0.15) is 11.5 Å². The molecule has 0 saturated carbocycles. The lowest BCUT2D eigenvalue weighted by atomic mass is 10.2. The lowest BCUT2D eigenvalue weighted by Gasteiger charge is -2.44. The normalized spacial score (nSPS) is 18.7. The molecule has 2 aromatic carbocycles. The van der Waals surface area contributed by atoms with E-state index in [1.807, 2.05) is 0 Å². The maximum atomic E-state index is 6.01. The van der Waals surface area contributed by atoms with E-state index in [0.717, 1.165) is 83.4 Å². The van der Waals surface area contributed by atoms with Crippen molar-refractivity contribution in [3.8, 4) is 11.5 Å². The first kappa shape index (κ1) is 27.6. The maximum Gasteiger partial charge on any atom is 0.121 e. The van der Waals surface area contributed by atoms with Crippen LogP contribution in [0.3, 0.4) is 0 Å². The van der Waals surface area contributed by atoms with Crippen molar-refractivity contribution in [3.05, 3.63) is 48.5 Å². The molecule has 4 rings (SSSR count). The zero-order chi connectivity index (χ0) is 25.7. The lowest BCUT2D eigenvalue weighted by Crippen LogP contribution is -2.62. The Morgan fingerprint density at radius 2 is 1.41 bits per heavy atom. The van der Waals surface area contributed by atoms with E-state index < -0.39 is 0 Å². The number of unbranched alkanes of at least 4 members (excludes halogenated alkanes) is 5. The van der Waals surface area contributed by atoms with Gasteiger partial charge in [0.05, 0.1) is 19.4 Å². The molecule has 1 unspecified atom stereocenters. The smallest absolute Gasteiger partial charge is 0.121 e. The van der Waals surface area contributed by atoms with E-state index in [-0.39, 0.29) is 0 Å². The maximum absolute atomic E-state index is 6.01. The Labute approximate surface area is 224 Å².